The first-order valence-corrected chi connectivity index (χ1v) is 5.22. The van der Waals surface area contributed by atoms with Crippen LogP contribution in [-0.2, 0) is 0 Å². The van der Waals surface area contributed by atoms with Gasteiger partial charge in [-0.25, -0.2) is 4.98 Å². The molecule has 5 heteroatoms. The molecule has 3 N–H and O–H groups in total. The molecule has 0 saturated carbocycles. The lowest BCUT2D eigenvalue weighted by molar-refractivity contribution is 0.458. The molecular weight excluding hydrogens is 212 g/mol. The van der Waals surface area contributed by atoms with Crippen molar-refractivity contribution >= 4 is 17.0 Å². The zero-order valence-corrected chi connectivity index (χ0v) is 8.91. The van der Waals surface area contributed by atoms with Gasteiger partial charge in [0.1, 0.15) is 11.4 Å². The van der Waals surface area contributed by atoms with Crippen LogP contribution in [0.5, 0.6) is 16.7 Å². The molecule has 0 saturated heterocycles. The SMILES string of the molecule is Cc1csc(Oc2cccc(O)c2N)n1. The number of phenols is 1. The molecular formula is C10H10N2O2S. The monoisotopic (exact) mass is 222 g/mol. The molecule has 2 aromatic rings. The van der Waals surface area contributed by atoms with Gasteiger partial charge in [-0.2, -0.15) is 0 Å². The third-order valence-corrected chi connectivity index (χ3v) is 2.67. The summed E-state index contributed by atoms with van der Waals surface area (Å²) in [5.41, 5.74) is 6.76. The van der Waals surface area contributed by atoms with Crippen LogP contribution in [0.15, 0.2) is 23.6 Å². The Morgan fingerprint density at radius 3 is 2.93 bits per heavy atom. The van der Waals surface area contributed by atoms with Gasteiger partial charge in [-0.05, 0) is 19.1 Å². The largest absolute Gasteiger partial charge is 0.506 e. The number of nitrogens with zero attached hydrogens (tertiary/aromatic N) is 1. The standard InChI is InChI=1S/C10H10N2O2S/c1-6-5-15-10(12-6)14-8-4-2-3-7(13)9(8)11/h2-5,13H,11H2,1H3. The third-order valence-electron chi connectivity index (χ3n) is 1.84. The highest BCUT2D eigenvalue weighted by Gasteiger charge is 2.07. The molecule has 0 atom stereocenters. The summed E-state index contributed by atoms with van der Waals surface area (Å²) in [4.78, 5) is 4.14. The number of nitrogen functional groups attached to an aromatic ring is 1. The Bertz CT molecular complexity index is 482. The van der Waals surface area contributed by atoms with Crippen LogP contribution >= 0.6 is 11.3 Å². The molecule has 1 heterocycles. The summed E-state index contributed by atoms with van der Waals surface area (Å²) in [5.74, 6) is 0.435. The van der Waals surface area contributed by atoms with Crippen molar-refractivity contribution in [2.24, 2.45) is 0 Å². The minimum absolute atomic E-state index is 0.0146. The topological polar surface area (TPSA) is 68.4 Å². The highest BCUT2D eigenvalue weighted by Crippen LogP contribution is 2.34. The number of para-hydroxylation sites is 1. The first kappa shape index (κ1) is 9.79. The molecule has 0 aliphatic carbocycles. The Balaban J connectivity index is 2.28. The Hall–Kier alpha value is -1.75. The molecule has 0 spiro atoms. The number of hydrogen-bond donors (Lipinski definition) is 2. The smallest absolute Gasteiger partial charge is 0.278 e. The fraction of sp³-hybridized carbons (Fsp3) is 0.100. The highest BCUT2D eigenvalue weighted by atomic mass is 32.1. The minimum atomic E-state index is 0.0146. The Morgan fingerprint density at radius 1 is 1.47 bits per heavy atom. The molecule has 0 bridgehead atoms. The predicted molar refractivity (Wildman–Crippen MR) is 59.4 cm³/mol. The van der Waals surface area contributed by atoms with Crippen molar-refractivity contribution in [1.82, 2.24) is 4.98 Å². The summed E-state index contributed by atoms with van der Waals surface area (Å²) in [6, 6.07) is 4.86. The molecule has 0 fully saturated rings. The van der Waals surface area contributed by atoms with E-state index < -0.39 is 0 Å². The van der Waals surface area contributed by atoms with Gasteiger partial charge in [0, 0.05) is 5.38 Å². The molecule has 78 valence electrons. The maximum Gasteiger partial charge on any atom is 0.278 e. The molecule has 1 aromatic heterocycles. The van der Waals surface area contributed by atoms with E-state index >= 15 is 0 Å². The number of benzene rings is 1. The van der Waals surface area contributed by atoms with E-state index in [1.165, 1.54) is 17.4 Å². The number of ether oxygens (including phenoxy) is 1. The van der Waals surface area contributed by atoms with Gasteiger partial charge in [-0.1, -0.05) is 17.4 Å². The van der Waals surface area contributed by atoms with Crippen LogP contribution in [-0.4, -0.2) is 10.1 Å². The van der Waals surface area contributed by atoms with Crippen molar-refractivity contribution in [3.8, 4) is 16.7 Å². The lowest BCUT2D eigenvalue weighted by Gasteiger charge is -2.05. The minimum Gasteiger partial charge on any atom is -0.506 e. The molecule has 0 unspecified atom stereocenters. The number of aryl methyl sites for hydroxylation is 1. The van der Waals surface area contributed by atoms with E-state index in [1.807, 2.05) is 12.3 Å². The maximum atomic E-state index is 9.36. The quantitative estimate of drug-likeness (QED) is 0.605. The average Bonchev–Trinajstić information content (AvgIpc) is 2.59. The van der Waals surface area contributed by atoms with Crippen LogP contribution in [0.4, 0.5) is 5.69 Å². The van der Waals surface area contributed by atoms with Crippen LogP contribution in [0, 0.1) is 6.92 Å². The van der Waals surface area contributed by atoms with Crippen molar-refractivity contribution in [2.45, 2.75) is 6.92 Å². The van der Waals surface area contributed by atoms with Crippen LogP contribution in [0.1, 0.15) is 5.69 Å². The van der Waals surface area contributed by atoms with Gasteiger partial charge in [0.05, 0.1) is 5.69 Å². The van der Waals surface area contributed by atoms with E-state index in [2.05, 4.69) is 4.98 Å². The fourth-order valence-corrected chi connectivity index (χ4v) is 1.75. The van der Waals surface area contributed by atoms with Gasteiger partial charge in [0.25, 0.3) is 5.19 Å². The number of nitrogens with two attached hydrogens (primary N) is 1. The summed E-state index contributed by atoms with van der Waals surface area (Å²) in [6.45, 7) is 1.88. The Morgan fingerprint density at radius 2 is 2.27 bits per heavy atom. The number of hydrogen-bond acceptors (Lipinski definition) is 5. The first-order valence-electron chi connectivity index (χ1n) is 4.34. The van der Waals surface area contributed by atoms with E-state index in [0.29, 0.717) is 10.9 Å². The molecule has 4 nitrogen and oxygen atoms in total. The van der Waals surface area contributed by atoms with Gasteiger partial charge in [0.2, 0.25) is 0 Å². The predicted octanol–water partition coefficient (Wildman–Crippen LogP) is 2.53. The second-order valence-electron chi connectivity index (χ2n) is 3.05. The molecule has 2 rings (SSSR count). The van der Waals surface area contributed by atoms with E-state index in [1.54, 1.807) is 12.1 Å². The third kappa shape index (κ3) is 2.02. The van der Waals surface area contributed by atoms with Gasteiger partial charge in [-0.3, -0.25) is 0 Å². The zero-order valence-electron chi connectivity index (χ0n) is 8.10. The lowest BCUT2D eigenvalue weighted by Crippen LogP contribution is -1.91. The second kappa shape index (κ2) is 3.78. The van der Waals surface area contributed by atoms with Crippen molar-refractivity contribution < 1.29 is 9.84 Å². The first-order chi connectivity index (χ1) is 7.16. The molecule has 0 radical (unpaired) electrons. The fourth-order valence-electron chi connectivity index (χ4n) is 1.09. The van der Waals surface area contributed by atoms with Gasteiger partial charge in [-0.15, -0.1) is 0 Å². The van der Waals surface area contributed by atoms with E-state index in [9.17, 15) is 5.11 Å². The number of phenolic OH excluding ortho intramolecular Hbond substituents is 1. The number of rotatable bonds is 2. The van der Waals surface area contributed by atoms with Gasteiger partial charge >= 0.3 is 0 Å². The number of aromatic nitrogens is 1. The van der Waals surface area contributed by atoms with Crippen molar-refractivity contribution in [3.63, 3.8) is 0 Å². The summed E-state index contributed by atoms with van der Waals surface area (Å²) >= 11 is 1.39. The maximum absolute atomic E-state index is 9.36. The Kier molecular flexibility index (Phi) is 2.47. The average molecular weight is 222 g/mol. The summed E-state index contributed by atoms with van der Waals surface area (Å²) in [6.07, 6.45) is 0. The highest BCUT2D eigenvalue weighted by molar-refractivity contribution is 7.11. The van der Waals surface area contributed by atoms with E-state index in [-0.39, 0.29) is 11.4 Å². The Labute approximate surface area is 91.0 Å². The van der Waals surface area contributed by atoms with Crippen LogP contribution in [0.2, 0.25) is 0 Å². The molecule has 15 heavy (non-hydrogen) atoms. The number of anilines is 1. The normalized spacial score (nSPS) is 10.2. The van der Waals surface area contributed by atoms with Crippen LogP contribution < -0.4 is 10.5 Å². The van der Waals surface area contributed by atoms with Crippen LogP contribution in [0.25, 0.3) is 0 Å². The van der Waals surface area contributed by atoms with E-state index in [0.717, 1.165) is 5.69 Å². The second-order valence-corrected chi connectivity index (χ2v) is 3.87. The van der Waals surface area contributed by atoms with Crippen molar-refractivity contribution in [3.05, 3.63) is 29.3 Å². The van der Waals surface area contributed by atoms with Gasteiger partial charge < -0.3 is 15.6 Å². The molecule has 0 aliphatic heterocycles. The van der Waals surface area contributed by atoms with E-state index in [4.69, 9.17) is 10.5 Å². The number of aromatic hydroxyl groups is 1. The summed E-state index contributed by atoms with van der Waals surface area (Å²) in [5, 5.41) is 11.8. The summed E-state index contributed by atoms with van der Waals surface area (Å²) < 4.78 is 5.43. The zero-order chi connectivity index (χ0) is 10.8. The van der Waals surface area contributed by atoms with Crippen molar-refractivity contribution in [1.29, 1.82) is 0 Å². The van der Waals surface area contributed by atoms with Crippen LogP contribution in [0.3, 0.4) is 0 Å². The molecule has 0 aliphatic rings. The molecule has 1 aromatic carbocycles. The lowest BCUT2D eigenvalue weighted by atomic mass is 10.3. The molecule has 0 amide bonds. The van der Waals surface area contributed by atoms with Crippen molar-refractivity contribution in [2.75, 3.05) is 5.73 Å². The number of thiazole rings is 1. The van der Waals surface area contributed by atoms with Gasteiger partial charge in [0.15, 0.2) is 5.75 Å². The summed E-state index contributed by atoms with van der Waals surface area (Å²) in [7, 11) is 0.